The van der Waals surface area contributed by atoms with E-state index in [-0.39, 0.29) is 0 Å². The van der Waals surface area contributed by atoms with Crippen LogP contribution in [0.15, 0.2) is 59.6 Å². The van der Waals surface area contributed by atoms with E-state index in [0.29, 0.717) is 40.2 Å². The molecule has 0 bridgehead atoms. The Balaban J connectivity index is 1.89. The molecule has 0 saturated heterocycles. The molecule has 4 aromatic rings. The molecule has 4 nitrogen and oxygen atoms in total. The first-order chi connectivity index (χ1) is 14.1. The second kappa shape index (κ2) is 8.67. The van der Waals surface area contributed by atoms with Crippen LogP contribution in [0.2, 0.25) is 10.0 Å². The van der Waals surface area contributed by atoms with Crippen LogP contribution in [0.25, 0.3) is 21.0 Å². The van der Waals surface area contributed by atoms with Gasteiger partial charge in [0.05, 0.1) is 27.4 Å². The number of hydrogen-bond acceptors (Lipinski definition) is 3. The first-order valence-electron chi connectivity index (χ1n) is 9.21. The Bertz CT molecular complexity index is 1280. The normalized spacial score (nSPS) is 12.2. The zero-order chi connectivity index (χ0) is 20.4. The van der Waals surface area contributed by atoms with Crippen molar-refractivity contribution < 1.29 is 9.53 Å². The number of rotatable bonds is 5. The SMILES string of the molecule is CCOCCn1c(=NC(=O)c2ccc(Cl)cc2Cl)sc2c3ccccc3ccc21. The summed E-state index contributed by atoms with van der Waals surface area (Å²) >= 11 is 13.6. The lowest BCUT2D eigenvalue weighted by Crippen LogP contribution is -2.19. The minimum absolute atomic E-state index is 0.290. The number of amides is 1. The predicted octanol–water partition coefficient (Wildman–Crippen LogP) is 5.94. The molecule has 0 aliphatic rings. The summed E-state index contributed by atoms with van der Waals surface area (Å²) in [6.07, 6.45) is 0. The highest BCUT2D eigenvalue weighted by atomic mass is 35.5. The van der Waals surface area contributed by atoms with Gasteiger partial charge in [0, 0.05) is 23.6 Å². The van der Waals surface area contributed by atoms with E-state index in [1.165, 1.54) is 11.3 Å². The summed E-state index contributed by atoms with van der Waals surface area (Å²) < 4.78 is 8.66. The number of carbonyl (C=O) groups excluding carboxylic acids is 1. The topological polar surface area (TPSA) is 43.6 Å². The molecule has 29 heavy (non-hydrogen) atoms. The van der Waals surface area contributed by atoms with Gasteiger partial charge in [0.15, 0.2) is 4.80 Å². The van der Waals surface area contributed by atoms with Crippen LogP contribution in [0.3, 0.4) is 0 Å². The Kier molecular flexibility index (Phi) is 6.01. The van der Waals surface area contributed by atoms with E-state index >= 15 is 0 Å². The molecule has 0 fully saturated rings. The van der Waals surface area contributed by atoms with Crippen LogP contribution in [0, 0.1) is 0 Å². The fraction of sp³-hybridized carbons (Fsp3) is 0.182. The number of carbonyl (C=O) groups is 1. The molecule has 0 N–H and O–H groups in total. The van der Waals surface area contributed by atoms with Crippen LogP contribution in [-0.2, 0) is 11.3 Å². The number of hydrogen-bond donors (Lipinski definition) is 0. The van der Waals surface area contributed by atoms with E-state index in [1.54, 1.807) is 18.2 Å². The highest BCUT2D eigenvalue weighted by Crippen LogP contribution is 2.28. The number of benzene rings is 3. The van der Waals surface area contributed by atoms with Gasteiger partial charge in [-0.05, 0) is 36.6 Å². The van der Waals surface area contributed by atoms with Crippen molar-refractivity contribution in [2.45, 2.75) is 13.5 Å². The summed E-state index contributed by atoms with van der Waals surface area (Å²) in [5, 5.41) is 3.06. The van der Waals surface area contributed by atoms with Crippen LogP contribution in [0.5, 0.6) is 0 Å². The number of thiazole rings is 1. The lowest BCUT2D eigenvalue weighted by atomic mass is 10.1. The van der Waals surface area contributed by atoms with Crippen LogP contribution < -0.4 is 4.80 Å². The Morgan fingerprint density at radius 3 is 2.76 bits per heavy atom. The van der Waals surface area contributed by atoms with E-state index < -0.39 is 5.91 Å². The summed E-state index contributed by atoms with van der Waals surface area (Å²) in [5.74, 6) is -0.396. The number of ether oxygens (including phenoxy) is 1. The maximum atomic E-state index is 12.8. The first kappa shape index (κ1) is 20.1. The molecule has 4 rings (SSSR count). The average Bonchev–Trinajstić information content (AvgIpc) is 3.05. The Hall–Kier alpha value is -2.18. The third-order valence-electron chi connectivity index (χ3n) is 4.60. The van der Waals surface area contributed by atoms with Crippen molar-refractivity contribution in [3.8, 4) is 0 Å². The lowest BCUT2D eigenvalue weighted by Gasteiger charge is -2.06. The smallest absolute Gasteiger partial charge is 0.281 e. The minimum atomic E-state index is -0.396. The molecule has 1 aromatic heterocycles. The van der Waals surface area contributed by atoms with Crippen LogP contribution >= 0.6 is 34.5 Å². The number of halogens is 2. The van der Waals surface area contributed by atoms with Crippen molar-refractivity contribution in [3.05, 3.63) is 75.0 Å². The second-order valence-corrected chi connectivity index (χ2v) is 8.23. The highest BCUT2D eigenvalue weighted by Gasteiger charge is 2.13. The Labute approximate surface area is 182 Å². The molecule has 0 spiro atoms. The summed E-state index contributed by atoms with van der Waals surface area (Å²) in [6, 6.07) is 17.1. The van der Waals surface area contributed by atoms with E-state index in [4.69, 9.17) is 27.9 Å². The molecule has 0 aliphatic heterocycles. The molecule has 0 aliphatic carbocycles. The molecule has 0 atom stereocenters. The standard InChI is InChI=1S/C22H18Cl2N2O2S/c1-2-28-12-11-26-19-10-7-14-5-3-4-6-16(14)20(19)29-22(26)25-21(27)17-9-8-15(23)13-18(17)24/h3-10,13H,2,11-12H2,1H3. The quantitative estimate of drug-likeness (QED) is 0.357. The van der Waals surface area contributed by atoms with Gasteiger partial charge in [0.1, 0.15) is 0 Å². The number of fused-ring (bicyclic) bond motifs is 3. The van der Waals surface area contributed by atoms with Crippen molar-refractivity contribution in [3.63, 3.8) is 0 Å². The van der Waals surface area contributed by atoms with Gasteiger partial charge in [0.25, 0.3) is 5.91 Å². The monoisotopic (exact) mass is 444 g/mol. The van der Waals surface area contributed by atoms with E-state index in [9.17, 15) is 4.79 Å². The molecule has 0 radical (unpaired) electrons. The van der Waals surface area contributed by atoms with Gasteiger partial charge in [-0.1, -0.05) is 64.9 Å². The van der Waals surface area contributed by atoms with Gasteiger partial charge in [-0.15, -0.1) is 0 Å². The van der Waals surface area contributed by atoms with Gasteiger partial charge in [-0.3, -0.25) is 4.79 Å². The zero-order valence-electron chi connectivity index (χ0n) is 15.7. The van der Waals surface area contributed by atoms with Crippen LogP contribution in [0.1, 0.15) is 17.3 Å². The van der Waals surface area contributed by atoms with Crippen LogP contribution in [-0.4, -0.2) is 23.7 Å². The molecular weight excluding hydrogens is 427 g/mol. The van der Waals surface area contributed by atoms with Gasteiger partial charge in [-0.2, -0.15) is 4.99 Å². The molecule has 1 amide bonds. The summed E-state index contributed by atoms with van der Waals surface area (Å²) in [5.41, 5.74) is 1.36. The summed E-state index contributed by atoms with van der Waals surface area (Å²) in [7, 11) is 0. The van der Waals surface area contributed by atoms with Crippen molar-refractivity contribution >= 4 is 61.4 Å². The second-order valence-electron chi connectivity index (χ2n) is 6.41. The lowest BCUT2D eigenvalue weighted by molar-refractivity contribution is 0.0997. The Morgan fingerprint density at radius 2 is 1.97 bits per heavy atom. The van der Waals surface area contributed by atoms with Crippen molar-refractivity contribution in [1.82, 2.24) is 4.57 Å². The van der Waals surface area contributed by atoms with Gasteiger partial charge >= 0.3 is 0 Å². The van der Waals surface area contributed by atoms with E-state index in [1.807, 2.05) is 23.6 Å². The van der Waals surface area contributed by atoms with E-state index in [2.05, 4.69) is 29.3 Å². The van der Waals surface area contributed by atoms with Gasteiger partial charge < -0.3 is 9.30 Å². The van der Waals surface area contributed by atoms with Crippen molar-refractivity contribution in [1.29, 1.82) is 0 Å². The molecule has 3 aromatic carbocycles. The van der Waals surface area contributed by atoms with Gasteiger partial charge in [-0.25, -0.2) is 0 Å². The largest absolute Gasteiger partial charge is 0.380 e. The third-order valence-corrected chi connectivity index (χ3v) is 6.27. The molecule has 1 heterocycles. The maximum Gasteiger partial charge on any atom is 0.281 e. The fourth-order valence-electron chi connectivity index (χ4n) is 3.21. The minimum Gasteiger partial charge on any atom is -0.380 e. The highest BCUT2D eigenvalue weighted by molar-refractivity contribution is 7.17. The summed E-state index contributed by atoms with van der Waals surface area (Å²) in [6.45, 7) is 3.74. The number of aromatic nitrogens is 1. The van der Waals surface area contributed by atoms with E-state index in [0.717, 1.165) is 21.0 Å². The molecular formula is C22H18Cl2N2O2S. The van der Waals surface area contributed by atoms with Gasteiger partial charge in [0.2, 0.25) is 0 Å². The maximum absolute atomic E-state index is 12.8. The average molecular weight is 445 g/mol. The molecule has 148 valence electrons. The first-order valence-corrected chi connectivity index (χ1v) is 10.8. The fourth-order valence-corrected chi connectivity index (χ4v) is 4.89. The molecule has 0 unspecified atom stereocenters. The zero-order valence-corrected chi connectivity index (χ0v) is 18.0. The third kappa shape index (κ3) is 4.09. The number of nitrogens with zero attached hydrogens (tertiary/aromatic N) is 2. The predicted molar refractivity (Wildman–Crippen MR) is 120 cm³/mol. The van der Waals surface area contributed by atoms with Crippen molar-refractivity contribution in [2.75, 3.05) is 13.2 Å². The molecule has 7 heteroatoms. The Morgan fingerprint density at radius 1 is 1.14 bits per heavy atom. The van der Waals surface area contributed by atoms with Crippen molar-refractivity contribution in [2.24, 2.45) is 4.99 Å². The molecule has 0 saturated carbocycles. The summed E-state index contributed by atoms with van der Waals surface area (Å²) in [4.78, 5) is 17.9. The van der Waals surface area contributed by atoms with Crippen LogP contribution in [0.4, 0.5) is 0 Å².